The van der Waals surface area contributed by atoms with Crippen molar-refractivity contribution in [1.82, 2.24) is 10.3 Å². The number of aliphatic imine (C=N–C) groups is 1. The van der Waals surface area contributed by atoms with Gasteiger partial charge < -0.3 is 16.0 Å². The Labute approximate surface area is 210 Å². The number of H-pyrrole nitrogens is 1. The van der Waals surface area contributed by atoms with Gasteiger partial charge in [0.15, 0.2) is 0 Å². The largest absolute Gasteiger partial charge is 0.399 e. The molecule has 2 heterocycles. The summed E-state index contributed by atoms with van der Waals surface area (Å²) in [5, 5.41) is 3.22. The molecule has 180 valence electrons. The molecule has 2 bridgehead atoms. The van der Waals surface area contributed by atoms with Crippen molar-refractivity contribution in [3.05, 3.63) is 144 Å². The van der Waals surface area contributed by atoms with Gasteiger partial charge in [0.1, 0.15) is 0 Å². The van der Waals surface area contributed by atoms with Gasteiger partial charge in [-0.05, 0) is 61.4 Å². The van der Waals surface area contributed by atoms with E-state index in [-0.39, 0.29) is 0 Å². The summed E-state index contributed by atoms with van der Waals surface area (Å²) >= 11 is 0. The van der Waals surface area contributed by atoms with Gasteiger partial charge in [0, 0.05) is 42.5 Å². The van der Waals surface area contributed by atoms with Gasteiger partial charge in [-0.25, -0.2) is 0 Å². The number of benzene rings is 1. The fourth-order valence-corrected chi connectivity index (χ4v) is 3.40. The molecule has 0 amide bonds. The zero-order valence-corrected chi connectivity index (χ0v) is 21.0. The van der Waals surface area contributed by atoms with Crippen molar-refractivity contribution >= 4 is 17.4 Å². The molecular weight excluding hydrogens is 428 g/mol. The average molecular weight is 465 g/mol. The smallest absolute Gasteiger partial charge is 0.0591 e. The Morgan fingerprint density at radius 2 is 1.69 bits per heavy atom. The quantitative estimate of drug-likeness (QED) is 0.431. The molecule has 0 aliphatic carbocycles. The Hall–Kier alpha value is -4.31. The summed E-state index contributed by atoms with van der Waals surface area (Å²) in [7, 11) is 3.71. The minimum absolute atomic E-state index is 0.707. The Balaban J connectivity index is 0.00000210. The van der Waals surface area contributed by atoms with Crippen LogP contribution in [0.1, 0.15) is 30.3 Å². The predicted octanol–water partition coefficient (Wildman–Crippen LogP) is 6.74. The number of likely N-dealkylation sites (N-methyl/N-ethyl adjacent to an activating group) is 1. The highest BCUT2D eigenvalue weighted by molar-refractivity contribution is 6.04. The predicted molar refractivity (Wildman–Crippen MR) is 154 cm³/mol. The molecule has 0 atom stereocenters. The number of nitrogens with zero attached hydrogens (tertiary/aromatic N) is 1. The minimum Gasteiger partial charge on any atom is -0.399 e. The Morgan fingerprint density at radius 1 is 0.943 bits per heavy atom. The Kier molecular flexibility index (Phi) is 11.4. The third kappa shape index (κ3) is 8.86. The molecule has 4 heteroatoms. The van der Waals surface area contributed by atoms with Crippen LogP contribution in [0.5, 0.6) is 0 Å². The molecule has 0 saturated carbocycles. The third-order valence-corrected chi connectivity index (χ3v) is 5.19. The van der Waals surface area contributed by atoms with Crippen LogP contribution in [0.25, 0.3) is 11.6 Å². The lowest BCUT2D eigenvalue weighted by Gasteiger charge is -2.05. The summed E-state index contributed by atoms with van der Waals surface area (Å²) in [5.74, 6) is 0. The zero-order valence-electron chi connectivity index (χ0n) is 21.0. The summed E-state index contributed by atoms with van der Waals surface area (Å²) in [6.07, 6.45) is 21.2. The standard InChI is InChI=1S/C29H32N4.C2H4/c1-22-10-7-14-24(30)20-27-18-19-29(33-27)28(23-12-5-4-6-13-23)17-9-16-26(32-3)21-25(31-2)15-8-11-22;1-2/h4-9,11-21,31,33H,10,30H2,1-3H3;1-2H2/b14-7-,15-8-,16-9-,22-11+,24-20-,25-21-,28-17+,32-26?;. The van der Waals surface area contributed by atoms with Crippen LogP contribution in [0.4, 0.5) is 0 Å². The summed E-state index contributed by atoms with van der Waals surface area (Å²) in [5.41, 5.74) is 14.2. The number of hydrogen-bond donors (Lipinski definition) is 3. The molecule has 1 aliphatic heterocycles. The van der Waals surface area contributed by atoms with Crippen LogP contribution in [0.3, 0.4) is 0 Å². The highest BCUT2D eigenvalue weighted by Crippen LogP contribution is 2.23. The number of allylic oxidation sites excluding steroid dienone is 10. The first-order chi connectivity index (χ1) is 17.1. The van der Waals surface area contributed by atoms with Crippen molar-refractivity contribution < 1.29 is 0 Å². The highest BCUT2D eigenvalue weighted by atomic mass is 14.8. The van der Waals surface area contributed by atoms with Gasteiger partial charge in [-0.1, -0.05) is 66.3 Å². The second kappa shape index (κ2) is 14.8. The van der Waals surface area contributed by atoms with E-state index in [2.05, 4.69) is 71.8 Å². The number of fused-ring (bicyclic) bond motifs is 2. The Bertz CT molecular complexity index is 1200. The number of nitrogens with two attached hydrogens (primary N) is 1. The van der Waals surface area contributed by atoms with Crippen LogP contribution in [0, 0.1) is 0 Å². The molecule has 1 aromatic heterocycles. The van der Waals surface area contributed by atoms with Gasteiger partial charge >= 0.3 is 0 Å². The van der Waals surface area contributed by atoms with Crippen molar-refractivity contribution in [3.63, 3.8) is 0 Å². The lowest BCUT2D eigenvalue weighted by molar-refractivity contribution is 1.03. The molecule has 2 aromatic rings. The summed E-state index contributed by atoms with van der Waals surface area (Å²) in [6.45, 7) is 8.11. The van der Waals surface area contributed by atoms with Crippen LogP contribution in [0.2, 0.25) is 0 Å². The van der Waals surface area contributed by atoms with E-state index >= 15 is 0 Å². The van der Waals surface area contributed by atoms with Crippen LogP contribution >= 0.6 is 0 Å². The lowest BCUT2D eigenvalue weighted by Crippen LogP contribution is -2.05. The molecule has 35 heavy (non-hydrogen) atoms. The van der Waals surface area contributed by atoms with Crippen molar-refractivity contribution in [2.75, 3.05) is 14.1 Å². The first-order valence-electron chi connectivity index (χ1n) is 11.6. The van der Waals surface area contributed by atoms with Gasteiger partial charge in [-0.3, -0.25) is 4.99 Å². The van der Waals surface area contributed by atoms with Gasteiger partial charge in [0.05, 0.1) is 5.71 Å². The summed E-state index contributed by atoms with van der Waals surface area (Å²) in [6, 6.07) is 14.5. The molecule has 1 aliphatic rings. The molecule has 4 N–H and O–H groups in total. The molecule has 1 aromatic carbocycles. The van der Waals surface area contributed by atoms with E-state index in [0.29, 0.717) is 5.70 Å². The molecule has 0 spiro atoms. The maximum atomic E-state index is 6.23. The van der Waals surface area contributed by atoms with Crippen LogP contribution in [-0.4, -0.2) is 24.8 Å². The number of nitrogens with one attached hydrogen (secondary N) is 2. The minimum atomic E-state index is 0.707. The summed E-state index contributed by atoms with van der Waals surface area (Å²) in [4.78, 5) is 7.91. The lowest BCUT2D eigenvalue weighted by atomic mass is 10.0. The van der Waals surface area contributed by atoms with Crippen LogP contribution in [0.15, 0.2) is 132 Å². The van der Waals surface area contributed by atoms with Crippen LogP contribution < -0.4 is 11.1 Å². The normalized spacial score (nSPS) is 24.6. The van der Waals surface area contributed by atoms with Gasteiger partial charge in [0.2, 0.25) is 0 Å². The maximum absolute atomic E-state index is 6.23. The fourth-order valence-electron chi connectivity index (χ4n) is 3.40. The SMILES string of the molecule is C=C.CN=C1/C=C\C=C(/c2ccccc2)c2ccc([nH]2)/C=C(N)/C=C\C/C(C)=C/C=C\C(NC)=C\1. The van der Waals surface area contributed by atoms with Crippen molar-refractivity contribution in [2.45, 2.75) is 13.3 Å². The van der Waals surface area contributed by atoms with Crippen LogP contribution in [-0.2, 0) is 0 Å². The fraction of sp³-hybridized carbons (Fsp3) is 0.129. The van der Waals surface area contributed by atoms with E-state index in [1.54, 1.807) is 7.05 Å². The van der Waals surface area contributed by atoms with E-state index < -0.39 is 0 Å². The molecule has 0 unspecified atom stereocenters. The topological polar surface area (TPSA) is 66.2 Å². The number of hydrogen-bond acceptors (Lipinski definition) is 3. The molecular formula is C31H36N4. The molecule has 3 rings (SSSR count). The second-order valence-corrected chi connectivity index (χ2v) is 7.75. The average Bonchev–Trinajstić information content (AvgIpc) is 3.33. The van der Waals surface area contributed by atoms with E-state index in [9.17, 15) is 0 Å². The molecule has 0 radical (unpaired) electrons. The van der Waals surface area contributed by atoms with Crippen molar-refractivity contribution in [3.8, 4) is 0 Å². The first-order valence-corrected chi connectivity index (χ1v) is 11.6. The van der Waals surface area contributed by atoms with Crippen molar-refractivity contribution in [2.24, 2.45) is 10.7 Å². The third-order valence-electron chi connectivity index (χ3n) is 5.19. The number of aromatic amines is 1. The maximum Gasteiger partial charge on any atom is 0.0591 e. The number of rotatable bonds is 2. The first kappa shape index (κ1) is 26.9. The van der Waals surface area contributed by atoms with Gasteiger partial charge in [-0.15, -0.1) is 13.2 Å². The number of aromatic nitrogens is 1. The monoisotopic (exact) mass is 464 g/mol. The molecule has 0 saturated heterocycles. The van der Waals surface area contributed by atoms with Crippen molar-refractivity contribution in [1.29, 1.82) is 0 Å². The van der Waals surface area contributed by atoms with E-state index in [1.165, 1.54) is 5.57 Å². The summed E-state index contributed by atoms with van der Waals surface area (Å²) < 4.78 is 0. The molecule has 0 fully saturated rings. The zero-order chi connectivity index (χ0) is 25.5. The highest BCUT2D eigenvalue weighted by Gasteiger charge is 2.06. The second-order valence-electron chi connectivity index (χ2n) is 7.75. The Morgan fingerprint density at radius 3 is 2.40 bits per heavy atom. The molecule has 4 nitrogen and oxygen atoms in total. The van der Waals surface area contributed by atoms with E-state index in [1.807, 2.05) is 73.8 Å². The van der Waals surface area contributed by atoms with Gasteiger partial charge in [0.25, 0.3) is 0 Å². The van der Waals surface area contributed by atoms with Gasteiger partial charge in [-0.2, -0.15) is 0 Å². The van der Waals surface area contributed by atoms with E-state index in [4.69, 9.17) is 5.73 Å². The van der Waals surface area contributed by atoms with E-state index in [0.717, 1.165) is 40.4 Å².